The molecule has 7 nitrogen and oxygen atoms in total. The van der Waals surface area contributed by atoms with Gasteiger partial charge in [0.15, 0.2) is 16.6 Å². The molecular weight excluding hydrogens is 462 g/mol. The number of thiazole rings is 1. The van der Waals surface area contributed by atoms with Crippen LogP contribution in [0.4, 0.5) is 5.13 Å². The Morgan fingerprint density at radius 3 is 2.79 bits per heavy atom. The molecule has 2 aliphatic rings. The Labute approximate surface area is 200 Å². The number of carbonyl (C=O) groups is 1. The molecule has 1 aliphatic carbocycles. The van der Waals surface area contributed by atoms with E-state index in [4.69, 9.17) is 21.1 Å². The zero-order valence-electron chi connectivity index (χ0n) is 18.0. The largest absolute Gasteiger partial charge is 0.454 e. The van der Waals surface area contributed by atoms with Gasteiger partial charge in [0.2, 0.25) is 12.7 Å². The molecule has 0 saturated heterocycles. The van der Waals surface area contributed by atoms with Crippen molar-refractivity contribution in [1.82, 2.24) is 10.3 Å². The molecule has 5 rings (SSSR count). The summed E-state index contributed by atoms with van der Waals surface area (Å²) in [6, 6.07) is 12.9. The lowest BCUT2D eigenvalue weighted by atomic mass is 9.94. The van der Waals surface area contributed by atoms with E-state index in [2.05, 4.69) is 15.6 Å². The van der Waals surface area contributed by atoms with Crippen LogP contribution in [-0.4, -0.2) is 35.4 Å². The number of rotatable bonds is 8. The fourth-order valence-corrected chi connectivity index (χ4v) is 5.17. The molecule has 0 bridgehead atoms. The van der Waals surface area contributed by atoms with Crippen molar-refractivity contribution in [3.05, 3.63) is 69.7 Å². The van der Waals surface area contributed by atoms with Crippen molar-refractivity contribution < 1.29 is 19.4 Å². The van der Waals surface area contributed by atoms with Crippen LogP contribution in [0.15, 0.2) is 48.7 Å². The quantitative estimate of drug-likeness (QED) is 0.441. The van der Waals surface area contributed by atoms with Gasteiger partial charge in [-0.1, -0.05) is 47.2 Å². The number of ether oxygens (including phenoxy) is 2. The van der Waals surface area contributed by atoms with Crippen molar-refractivity contribution in [1.29, 1.82) is 0 Å². The minimum absolute atomic E-state index is 0.0125. The lowest BCUT2D eigenvalue weighted by molar-refractivity contribution is -0.118. The van der Waals surface area contributed by atoms with Gasteiger partial charge >= 0.3 is 0 Å². The van der Waals surface area contributed by atoms with E-state index in [0.717, 1.165) is 28.8 Å². The maximum atomic E-state index is 13.2. The first-order valence-electron chi connectivity index (χ1n) is 10.8. The van der Waals surface area contributed by atoms with E-state index < -0.39 is 5.41 Å². The third-order valence-corrected chi connectivity index (χ3v) is 7.40. The average Bonchev–Trinajstić information content (AvgIpc) is 3.28. The van der Waals surface area contributed by atoms with Gasteiger partial charge in [0.25, 0.3) is 0 Å². The van der Waals surface area contributed by atoms with Gasteiger partial charge < -0.3 is 25.2 Å². The molecule has 1 aliphatic heterocycles. The zero-order chi connectivity index (χ0) is 23.0. The number of anilines is 1. The molecule has 9 heteroatoms. The third-order valence-electron chi connectivity index (χ3n) is 6.08. The van der Waals surface area contributed by atoms with E-state index in [-0.39, 0.29) is 31.4 Å². The lowest BCUT2D eigenvalue weighted by Crippen LogP contribution is -2.33. The van der Waals surface area contributed by atoms with Crippen LogP contribution in [0.3, 0.4) is 0 Å². The van der Waals surface area contributed by atoms with Gasteiger partial charge in [0.05, 0.1) is 18.1 Å². The second-order valence-corrected chi connectivity index (χ2v) is 9.85. The van der Waals surface area contributed by atoms with Gasteiger partial charge in [-0.25, -0.2) is 4.98 Å². The minimum atomic E-state index is -0.571. The van der Waals surface area contributed by atoms with Crippen molar-refractivity contribution in [3.8, 4) is 11.5 Å². The summed E-state index contributed by atoms with van der Waals surface area (Å²) < 4.78 is 10.9. The lowest BCUT2D eigenvalue weighted by Gasteiger charge is -2.22. The second-order valence-electron chi connectivity index (χ2n) is 8.38. The Hall–Kier alpha value is -2.65. The van der Waals surface area contributed by atoms with Crippen LogP contribution < -0.4 is 20.1 Å². The average molecular weight is 486 g/mol. The summed E-state index contributed by atoms with van der Waals surface area (Å²) in [6.45, 7) is 2.09. The number of amides is 1. The number of hydrogen-bond acceptors (Lipinski definition) is 7. The molecule has 1 unspecified atom stereocenters. The van der Waals surface area contributed by atoms with Gasteiger partial charge in [-0.2, -0.15) is 0 Å². The number of aliphatic hydroxyl groups excluding tert-OH is 1. The van der Waals surface area contributed by atoms with E-state index in [9.17, 15) is 9.90 Å². The smallest absolute Gasteiger partial charge is 0.236 e. The molecule has 33 heavy (non-hydrogen) atoms. The van der Waals surface area contributed by atoms with Crippen molar-refractivity contribution in [2.75, 3.05) is 18.7 Å². The summed E-state index contributed by atoms with van der Waals surface area (Å²) in [5.41, 5.74) is 1.24. The normalized spacial score (nSPS) is 17.4. The molecule has 0 radical (unpaired) electrons. The number of benzene rings is 2. The Balaban J connectivity index is 1.36. The Bertz CT molecular complexity index is 1180. The molecule has 1 fully saturated rings. The summed E-state index contributed by atoms with van der Waals surface area (Å²) in [5.74, 6) is 1.30. The van der Waals surface area contributed by atoms with Crippen molar-refractivity contribution in [2.45, 2.75) is 37.3 Å². The van der Waals surface area contributed by atoms with Crippen LogP contribution in [0.25, 0.3) is 0 Å². The predicted molar refractivity (Wildman–Crippen MR) is 127 cm³/mol. The standard InChI is InChI=1S/C24H24ClN3O4S/c1-14(12-29)27-21(16-4-2-3-5-17(16)25)20-11-26-23(33-20)28-22(30)24(8-9-24)15-6-7-18-19(10-15)32-13-31-18/h2-7,10-11,14,21,27,29H,8-9,12-13H2,1H3,(H,26,28,30)/t14-,21?/m0/s1. The molecule has 2 heterocycles. The van der Waals surface area contributed by atoms with E-state index in [1.165, 1.54) is 11.3 Å². The highest BCUT2D eigenvalue weighted by molar-refractivity contribution is 7.15. The highest BCUT2D eigenvalue weighted by Crippen LogP contribution is 2.51. The molecule has 2 atom stereocenters. The van der Waals surface area contributed by atoms with E-state index in [1.54, 1.807) is 6.20 Å². The van der Waals surface area contributed by atoms with Gasteiger partial charge in [-0.3, -0.25) is 4.79 Å². The molecule has 0 spiro atoms. The Kier molecular flexibility index (Phi) is 6.01. The first-order valence-corrected chi connectivity index (χ1v) is 12.0. The van der Waals surface area contributed by atoms with Crippen LogP contribution in [0.2, 0.25) is 5.02 Å². The van der Waals surface area contributed by atoms with Crippen molar-refractivity contribution >= 4 is 34.0 Å². The van der Waals surface area contributed by atoms with Crippen LogP contribution in [0, 0.1) is 0 Å². The predicted octanol–water partition coefficient (Wildman–Crippen LogP) is 4.26. The van der Waals surface area contributed by atoms with Gasteiger partial charge in [-0.15, -0.1) is 0 Å². The number of hydrogen-bond donors (Lipinski definition) is 3. The molecule has 3 aromatic rings. The fourth-order valence-electron chi connectivity index (χ4n) is 4.03. The summed E-state index contributed by atoms with van der Waals surface area (Å²) in [7, 11) is 0. The maximum absolute atomic E-state index is 13.2. The SMILES string of the molecule is C[C@@H](CO)NC(c1cnc(NC(=O)C2(c3ccc4c(c3)OCO4)CC2)s1)c1ccccc1Cl. The summed E-state index contributed by atoms with van der Waals surface area (Å²) in [4.78, 5) is 18.6. The van der Waals surface area contributed by atoms with E-state index >= 15 is 0 Å². The van der Waals surface area contributed by atoms with E-state index in [0.29, 0.717) is 21.7 Å². The summed E-state index contributed by atoms with van der Waals surface area (Å²) in [6.07, 6.45) is 3.29. The molecule has 1 saturated carbocycles. The zero-order valence-corrected chi connectivity index (χ0v) is 19.6. The Morgan fingerprint density at radius 2 is 2.03 bits per heavy atom. The maximum Gasteiger partial charge on any atom is 0.236 e. The monoisotopic (exact) mass is 485 g/mol. The molecule has 1 amide bonds. The minimum Gasteiger partial charge on any atom is -0.454 e. The molecule has 2 aromatic carbocycles. The fraction of sp³-hybridized carbons (Fsp3) is 0.333. The summed E-state index contributed by atoms with van der Waals surface area (Å²) >= 11 is 7.85. The first-order chi connectivity index (χ1) is 16.0. The summed E-state index contributed by atoms with van der Waals surface area (Å²) in [5, 5.41) is 17.1. The number of aliphatic hydroxyl groups is 1. The molecule has 172 valence electrons. The van der Waals surface area contributed by atoms with Gasteiger partial charge in [0.1, 0.15) is 0 Å². The highest BCUT2D eigenvalue weighted by Gasteiger charge is 2.52. The van der Waals surface area contributed by atoms with Crippen molar-refractivity contribution in [3.63, 3.8) is 0 Å². The number of nitrogens with one attached hydrogen (secondary N) is 2. The van der Waals surface area contributed by atoms with Crippen molar-refractivity contribution in [2.24, 2.45) is 0 Å². The Morgan fingerprint density at radius 1 is 1.24 bits per heavy atom. The number of nitrogens with zero attached hydrogens (tertiary/aromatic N) is 1. The molecule has 3 N–H and O–H groups in total. The van der Waals surface area contributed by atoms with Crippen LogP contribution in [0.1, 0.15) is 41.8 Å². The van der Waals surface area contributed by atoms with Crippen LogP contribution in [0.5, 0.6) is 11.5 Å². The van der Waals surface area contributed by atoms with Crippen LogP contribution in [-0.2, 0) is 10.2 Å². The van der Waals surface area contributed by atoms with Crippen LogP contribution >= 0.6 is 22.9 Å². The highest BCUT2D eigenvalue weighted by atomic mass is 35.5. The molecule has 1 aromatic heterocycles. The number of aromatic nitrogens is 1. The first kappa shape index (κ1) is 22.2. The number of carbonyl (C=O) groups excluding carboxylic acids is 1. The number of halogens is 1. The van der Waals surface area contributed by atoms with Gasteiger partial charge in [0, 0.05) is 22.1 Å². The topological polar surface area (TPSA) is 92.7 Å². The van der Waals surface area contributed by atoms with E-state index in [1.807, 2.05) is 49.4 Å². The number of fused-ring (bicyclic) bond motifs is 1. The van der Waals surface area contributed by atoms with Gasteiger partial charge in [-0.05, 0) is 49.1 Å². The molecular formula is C24H24ClN3O4S. The second kappa shape index (κ2) is 8.95. The third kappa shape index (κ3) is 4.31.